The summed E-state index contributed by atoms with van der Waals surface area (Å²) in [4.78, 5) is 61.9. The predicted octanol–water partition coefficient (Wildman–Crippen LogP) is 6.76. The van der Waals surface area contributed by atoms with Gasteiger partial charge < -0.3 is 19.2 Å². The highest BCUT2D eigenvalue weighted by molar-refractivity contribution is 6.02. The molecule has 0 radical (unpaired) electrons. The smallest absolute Gasteiger partial charge is 0.382 e. The number of nitrogens with zero attached hydrogens (tertiary/aromatic N) is 3. The fourth-order valence-corrected chi connectivity index (χ4v) is 5.87. The fraction of sp³-hybridized carbons (Fsp3) is 0.486. The molecular weight excluding hydrogens is 598 g/mol. The Hall–Kier alpha value is -4.31. The lowest BCUT2D eigenvalue weighted by Crippen LogP contribution is -2.36. The Morgan fingerprint density at radius 3 is 2.06 bits per heavy atom. The first kappa shape index (κ1) is 35.5. The van der Waals surface area contributed by atoms with Gasteiger partial charge >= 0.3 is 11.9 Å². The summed E-state index contributed by atoms with van der Waals surface area (Å²) in [6.07, 6.45) is 1.75. The normalized spacial score (nSPS) is 15.1. The number of carbonyl (C=O) groups is 4. The topological polar surface area (TPSA) is 128 Å². The fourth-order valence-electron chi connectivity index (χ4n) is 5.87. The molecule has 2 amide bonds. The van der Waals surface area contributed by atoms with Gasteiger partial charge in [0.2, 0.25) is 0 Å². The molecule has 0 saturated carbocycles. The summed E-state index contributed by atoms with van der Waals surface area (Å²) in [6.45, 7) is 15.5. The van der Waals surface area contributed by atoms with Crippen LogP contribution in [0.2, 0.25) is 0 Å². The zero-order valence-corrected chi connectivity index (χ0v) is 28.8. The summed E-state index contributed by atoms with van der Waals surface area (Å²) in [5, 5.41) is 12.6. The Balaban J connectivity index is 1.78. The Morgan fingerprint density at radius 2 is 1.51 bits per heavy atom. The highest BCUT2D eigenvalue weighted by Crippen LogP contribution is 2.39. The molecule has 2 aromatic carbocycles. The number of aromatic nitrogens is 2. The quantitative estimate of drug-likeness (QED) is 0.179. The monoisotopic (exact) mass is 645 g/mol. The molecule has 10 heteroatoms. The number of carbonyl (C=O) groups excluding carboxylic acids is 4. The van der Waals surface area contributed by atoms with Gasteiger partial charge in [-0.1, -0.05) is 77.1 Å². The van der Waals surface area contributed by atoms with Crippen molar-refractivity contribution in [2.75, 3.05) is 0 Å². The number of aliphatic hydroxyl groups is 1. The maximum atomic E-state index is 13.9. The molecule has 3 aromatic rings. The highest BCUT2D eigenvalue weighted by atomic mass is 16.7. The molecule has 1 saturated heterocycles. The van der Waals surface area contributed by atoms with Crippen LogP contribution in [-0.4, -0.2) is 49.1 Å². The lowest BCUT2D eigenvalue weighted by molar-refractivity contribution is -0.172. The van der Waals surface area contributed by atoms with Crippen molar-refractivity contribution >= 4 is 23.8 Å². The lowest BCUT2D eigenvalue weighted by Gasteiger charge is -2.33. The minimum absolute atomic E-state index is 0.00824. The first-order valence-electron chi connectivity index (χ1n) is 16.3. The van der Waals surface area contributed by atoms with Gasteiger partial charge in [0, 0.05) is 25.8 Å². The van der Waals surface area contributed by atoms with Crippen LogP contribution in [-0.2, 0) is 37.7 Å². The van der Waals surface area contributed by atoms with Crippen LogP contribution in [0.1, 0.15) is 125 Å². The van der Waals surface area contributed by atoms with Crippen LogP contribution in [0.25, 0.3) is 11.1 Å². The molecule has 47 heavy (non-hydrogen) atoms. The molecule has 1 aromatic heterocycles. The highest BCUT2D eigenvalue weighted by Gasteiger charge is 2.42. The van der Waals surface area contributed by atoms with Crippen molar-refractivity contribution in [3.05, 3.63) is 76.9 Å². The number of rotatable bonds is 11. The molecule has 1 atom stereocenters. The van der Waals surface area contributed by atoms with Crippen molar-refractivity contribution in [1.82, 2.24) is 14.6 Å². The number of hydrogen-bond acceptors (Lipinski definition) is 8. The van der Waals surface area contributed by atoms with Crippen molar-refractivity contribution in [3.63, 3.8) is 0 Å². The summed E-state index contributed by atoms with van der Waals surface area (Å²) in [7, 11) is 0. The largest absolute Gasteiger partial charge is 0.456 e. The summed E-state index contributed by atoms with van der Waals surface area (Å²) < 4.78 is 7.35. The number of amides is 2. The minimum atomic E-state index is -1.48. The number of imidazole rings is 1. The lowest BCUT2D eigenvalue weighted by atomic mass is 9.78. The van der Waals surface area contributed by atoms with E-state index in [-0.39, 0.29) is 42.6 Å². The van der Waals surface area contributed by atoms with Crippen molar-refractivity contribution in [3.8, 4) is 11.1 Å². The predicted molar refractivity (Wildman–Crippen MR) is 177 cm³/mol. The van der Waals surface area contributed by atoms with E-state index >= 15 is 0 Å². The Morgan fingerprint density at radius 1 is 0.894 bits per heavy atom. The molecule has 1 fully saturated rings. The molecule has 10 nitrogen and oxygen atoms in total. The third-order valence-electron chi connectivity index (χ3n) is 7.89. The second-order valence-corrected chi connectivity index (χ2v) is 14.4. The molecule has 2 heterocycles. The van der Waals surface area contributed by atoms with Crippen LogP contribution in [0.4, 0.5) is 0 Å². The summed E-state index contributed by atoms with van der Waals surface area (Å²) in [5.74, 6) is -1.94. The maximum absolute atomic E-state index is 13.9. The van der Waals surface area contributed by atoms with E-state index in [9.17, 15) is 24.3 Å². The molecule has 0 aliphatic carbocycles. The summed E-state index contributed by atoms with van der Waals surface area (Å²) in [5.41, 5.74) is 0.562. The Bertz CT molecular complexity index is 1630. The van der Waals surface area contributed by atoms with E-state index in [0.717, 1.165) is 23.1 Å². The van der Waals surface area contributed by atoms with Gasteiger partial charge in [-0.05, 0) is 68.2 Å². The molecule has 1 aliphatic heterocycles. The second-order valence-electron chi connectivity index (χ2n) is 14.4. The van der Waals surface area contributed by atoms with Gasteiger partial charge in [0.1, 0.15) is 22.7 Å². The van der Waals surface area contributed by atoms with Crippen LogP contribution in [0.15, 0.2) is 48.5 Å². The van der Waals surface area contributed by atoms with Crippen molar-refractivity contribution in [2.24, 2.45) is 5.41 Å². The minimum Gasteiger partial charge on any atom is -0.456 e. The molecule has 0 spiro atoms. The molecule has 252 valence electrons. The van der Waals surface area contributed by atoms with Gasteiger partial charge in [0.15, 0.2) is 5.69 Å². The van der Waals surface area contributed by atoms with Gasteiger partial charge in [-0.2, -0.15) is 0 Å². The van der Waals surface area contributed by atoms with E-state index < -0.39 is 35.0 Å². The van der Waals surface area contributed by atoms with Gasteiger partial charge in [0.05, 0.1) is 5.56 Å². The number of imide groups is 1. The number of hydrogen-bond donors (Lipinski definition) is 1. The SMILES string of the molecule is CCCc1nc(C(O)(CC)CC(C)(C)C)c(C(=O)ON2C(=O)CCC2=O)n1Cc1ccc(-c2ccccc2C(=O)OC(C)(C)C)cc1. The molecule has 4 rings (SSSR count). The third-order valence-corrected chi connectivity index (χ3v) is 7.89. The van der Waals surface area contributed by atoms with Crippen molar-refractivity contribution in [2.45, 2.75) is 112 Å². The number of hydroxylamine groups is 2. The van der Waals surface area contributed by atoms with Crippen molar-refractivity contribution < 1.29 is 33.9 Å². The van der Waals surface area contributed by atoms with E-state index in [2.05, 4.69) is 0 Å². The zero-order chi connectivity index (χ0) is 34.7. The summed E-state index contributed by atoms with van der Waals surface area (Å²) in [6, 6.07) is 14.9. The van der Waals surface area contributed by atoms with E-state index in [4.69, 9.17) is 14.6 Å². The van der Waals surface area contributed by atoms with E-state index in [0.29, 0.717) is 29.3 Å². The zero-order valence-electron chi connectivity index (χ0n) is 28.8. The number of aryl methyl sites for hydroxylation is 1. The van der Waals surface area contributed by atoms with Crippen LogP contribution < -0.4 is 0 Å². The molecule has 1 N–H and O–H groups in total. The Labute approximate surface area is 277 Å². The van der Waals surface area contributed by atoms with Gasteiger partial charge in [-0.3, -0.25) is 9.59 Å². The van der Waals surface area contributed by atoms with Crippen LogP contribution >= 0.6 is 0 Å². The standard InChI is InChI=1S/C37H47N3O7/c1-9-13-28-38-32(37(45,10-2)23-35(3,4)5)31(34(44)47-40-29(41)20-21-30(40)42)39(28)22-24-16-18-25(19-17-24)26-14-11-12-15-27(26)33(43)46-36(6,7)8/h11-12,14-19,45H,9-10,13,20-23H2,1-8H3. The molecule has 1 aliphatic rings. The van der Waals surface area contributed by atoms with Crippen LogP contribution in [0.5, 0.6) is 0 Å². The third kappa shape index (κ3) is 8.35. The van der Waals surface area contributed by atoms with Crippen molar-refractivity contribution in [1.29, 1.82) is 0 Å². The molecular formula is C37H47N3O7. The van der Waals surface area contributed by atoms with E-state index in [1.54, 1.807) is 16.7 Å². The van der Waals surface area contributed by atoms with Gasteiger partial charge in [-0.25, -0.2) is 14.6 Å². The second kappa shape index (κ2) is 13.8. The first-order valence-corrected chi connectivity index (χ1v) is 16.3. The van der Waals surface area contributed by atoms with Gasteiger partial charge in [-0.15, -0.1) is 5.06 Å². The van der Waals surface area contributed by atoms with Crippen LogP contribution in [0, 0.1) is 5.41 Å². The van der Waals surface area contributed by atoms with E-state index in [1.807, 2.05) is 91.8 Å². The first-order chi connectivity index (χ1) is 22.0. The maximum Gasteiger partial charge on any atom is 0.382 e. The van der Waals surface area contributed by atoms with E-state index in [1.165, 1.54) is 0 Å². The number of esters is 1. The Kier molecular flexibility index (Phi) is 10.4. The average Bonchev–Trinajstić information content (AvgIpc) is 3.51. The van der Waals surface area contributed by atoms with Crippen LogP contribution in [0.3, 0.4) is 0 Å². The summed E-state index contributed by atoms with van der Waals surface area (Å²) >= 11 is 0. The molecule has 1 unspecified atom stereocenters. The molecule has 0 bridgehead atoms. The number of benzene rings is 2. The average molecular weight is 646 g/mol. The number of ether oxygens (including phenoxy) is 1. The van der Waals surface area contributed by atoms with Gasteiger partial charge in [0.25, 0.3) is 11.8 Å².